The summed E-state index contributed by atoms with van der Waals surface area (Å²) in [7, 11) is 0. The Balaban J connectivity index is 2.40. The van der Waals surface area contributed by atoms with Gasteiger partial charge < -0.3 is 9.88 Å². The molecule has 1 fully saturated rings. The Morgan fingerprint density at radius 2 is 2.27 bits per heavy atom. The second kappa shape index (κ2) is 3.98. The maximum absolute atomic E-state index is 11.6. The van der Waals surface area contributed by atoms with Gasteiger partial charge in [-0.05, 0) is 25.1 Å². The van der Waals surface area contributed by atoms with Crippen LogP contribution in [0.5, 0.6) is 0 Å². The average molecular weight is 225 g/mol. The lowest BCUT2D eigenvalue weighted by Crippen LogP contribution is -2.38. The van der Waals surface area contributed by atoms with Crippen molar-refractivity contribution in [2.75, 3.05) is 6.54 Å². The van der Waals surface area contributed by atoms with Crippen molar-refractivity contribution in [2.24, 2.45) is 0 Å². The highest BCUT2D eigenvalue weighted by atomic mass is 32.1. The topological polar surface area (TPSA) is 66.9 Å². The van der Waals surface area contributed by atoms with Crippen molar-refractivity contribution in [1.82, 2.24) is 14.9 Å². The second-order valence-corrected chi connectivity index (χ2v) is 3.85. The fourth-order valence-electron chi connectivity index (χ4n) is 1.69. The number of hydrogen-bond donors (Lipinski definition) is 2. The molecule has 15 heavy (non-hydrogen) atoms. The predicted molar refractivity (Wildman–Crippen MR) is 57.2 cm³/mol. The van der Waals surface area contributed by atoms with Crippen molar-refractivity contribution in [3.05, 3.63) is 27.4 Å². The van der Waals surface area contributed by atoms with Gasteiger partial charge in [-0.3, -0.25) is 14.6 Å². The van der Waals surface area contributed by atoms with Crippen LogP contribution in [0.4, 0.5) is 0 Å². The highest BCUT2D eigenvalue weighted by molar-refractivity contribution is 7.71. The molecule has 1 atom stereocenters. The summed E-state index contributed by atoms with van der Waals surface area (Å²) in [5.41, 5.74) is -0.243. The molecule has 0 bridgehead atoms. The third kappa shape index (κ3) is 1.99. The largest absolute Gasteiger partial charge is 0.354 e. The number of carbonyl (C=O) groups is 1. The summed E-state index contributed by atoms with van der Waals surface area (Å²) in [5.74, 6) is -0.0376. The van der Waals surface area contributed by atoms with Gasteiger partial charge in [-0.15, -0.1) is 0 Å². The summed E-state index contributed by atoms with van der Waals surface area (Å²) in [4.78, 5) is 25.0. The molecular weight excluding hydrogens is 214 g/mol. The zero-order chi connectivity index (χ0) is 10.8. The molecule has 0 aliphatic carbocycles. The van der Waals surface area contributed by atoms with Gasteiger partial charge in [0.15, 0.2) is 4.77 Å². The van der Waals surface area contributed by atoms with E-state index in [4.69, 9.17) is 12.2 Å². The summed E-state index contributed by atoms with van der Waals surface area (Å²) in [5, 5.41) is 2.77. The van der Waals surface area contributed by atoms with Crippen molar-refractivity contribution in [2.45, 2.75) is 18.9 Å². The number of aromatic nitrogens is 2. The Bertz CT molecular complexity index is 491. The molecule has 0 aromatic carbocycles. The molecule has 2 N–H and O–H groups in total. The van der Waals surface area contributed by atoms with Gasteiger partial charge in [0.2, 0.25) is 5.91 Å². The van der Waals surface area contributed by atoms with E-state index in [9.17, 15) is 9.59 Å². The third-order valence-electron chi connectivity index (χ3n) is 2.44. The van der Waals surface area contributed by atoms with Crippen molar-refractivity contribution in [3.8, 4) is 0 Å². The van der Waals surface area contributed by atoms with Crippen LogP contribution < -0.4 is 10.9 Å². The molecule has 1 aromatic rings. The van der Waals surface area contributed by atoms with Crippen molar-refractivity contribution < 1.29 is 4.79 Å². The van der Waals surface area contributed by atoms with E-state index in [-0.39, 0.29) is 17.5 Å². The SMILES string of the molecule is O=C1NCCCC1n1ccc(=O)[nH]c1=S. The van der Waals surface area contributed by atoms with Gasteiger partial charge >= 0.3 is 0 Å². The standard InChI is InChI=1S/C9H11N3O2S/c13-7-3-5-12(9(15)11-7)6-2-1-4-10-8(6)14/h3,5-6H,1-2,4H2,(H,10,14)(H,11,13,15). The maximum Gasteiger partial charge on any atom is 0.251 e. The van der Waals surface area contributed by atoms with Gasteiger partial charge in [0.25, 0.3) is 5.56 Å². The molecule has 0 radical (unpaired) electrons. The number of rotatable bonds is 1. The summed E-state index contributed by atoms with van der Waals surface area (Å²) in [6, 6.07) is 1.08. The molecule has 1 aliphatic rings. The lowest BCUT2D eigenvalue weighted by atomic mass is 10.1. The Morgan fingerprint density at radius 1 is 1.47 bits per heavy atom. The van der Waals surface area contributed by atoms with Crippen LogP contribution in [0.1, 0.15) is 18.9 Å². The first-order chi connectivity index (χ1) is 7.18. The van der Waals surface area contributed by atoms with Gasteiger partial charge in [0.1, 0.15) is 6.04 Å². The summed E-state index contributed by atoms with van der Waals surface area (Å²) in [6.07, 6.45) is 3.25. The van der Waals surface area contributed by atoms with E-state index in [1.54, 1.807) is 10.8 Å². The number of hydrogen-bond acceptors (Lipinski definition) is 3. The smallest absolute Gasteiger partial charge is 0.251 e. The van der Waals surface area contributed by atoms with Crippen LogP contribution in [-0.4, -0.2) is 22.0 Å². The van der Waals surface area contributed by atoms with Gasteiger partial charge in [0.05, 0.1) is 0 Å². The zero-order valence-electron chi connectivity index (χ0n) is 8.03. The maximum atomic E-state index is 11.6. The molecule has 1 aromatic heterocycles. The van der Waals surface area contributed by atoms with Gasteiger partial charge in [0, 0.05) is 18.8 Å². The molecule has 5 nitrogen and oxygen atoms in total. The molecule has 2 rings (SSSR count). The molecule has 0 saturated carbocycles. The number of H-pyrrole nitrogens is 1. The molecule has 0 spiro atoms. The minimum atomic E-state index is -0.289. The summed E-state index contributed by atoms with van der Waals surface area (Å²) >= 11 is 5.00. The molecule has 80 valence electrons. The first-order valence-electron chi connectivity index (χ1n) is 4.77. The van der Waals surface area contributed by atoms with Gasteiger partial charge in [-0.25, -0.2) is 0 Å². The molecule has 1 unspecified atom stereocenters. The van der Waals surface area contributed by atoms with Crippen LogP contribution in [0.2, 0.25) is 0 Å². The quantitative estimate of drug-likeness (QED) is 0.678. The van der Waals surface area contributed by atoms with E-state index in [1.807, 2.05) is 0 Å². The van der Waals surface area contributed by atoms with E-state index >= 15 is 0 Å². The van der Waals surface area contributed by atoms with Gasteiger partial charge in [-0.2, -0.15) is 0 Å². The third-order valence-corrected chi connectivity index (χ3v) is 2.76. The van der Waals surface area contributed by atoms with E-state index in [0.29, 0.717) is 11.3 Å². The number of aromatic amines is 1. The van der Waals surface area contributed by atoms with Crippen molar-refractivity contribution in [3.63, 3.8) is 0 Å². The van der Waals surface area contributed by atoms with E-state index in [0.717, 1.165) is 12.8 Å². The number of piperidine rings is 1. The molecule has 1 amide bonds. The van der Waals surface area contributed by atoms with Crippen molar-refractivity contribution in [1.29, 1.82) is 0 Å². The number of amides is 1. The van der Waals surface area contributed by atoms with Crippen LogP contribution in [-0.2, 0) is 4.79 Å². The van der Waals surface area contributed by atoms with Crippen LogP contribution in [0.3, 0.4) is 0 Å². The fraction of sp³-hybridized carbons (Fsp3) is 0.444. The van der Waals surface area contributed by atoms with Crippen LogP contribution in [0.25, 0.3) is 0 Å². The zero-order valence-corrected chi connectivity index (χ0v) is 8.84. The van der Waals surface area contributed by atoms with E-state index in [1.165, 1.54) is 6.07 Å². The highest BCUT2D eigenvalue weighted by Crippen LogP contribution is 2.16. The van der Waals surface area contributed by atoms with Crippen LogP contribution in [0, 0.1) is 4.77 Å². The van der Waals surface area contributed by atoms with Crippen molar-refractivity contribution >= 4 is 18.1 Å². The Kier molecular flexibility index (Phi) is 2.68. The first-order valence-corrected chi connectivity index (χ1v) is 5.18. The van der Waals surface area contributed by atoms with Crippen LogP contribution in [0.15, 0.2) is 17.1 Å². The molecule has 1 saturated heterocycles. The predicted octanol–water partition coefficient (Wildman–Crippen LogP) is 0.357. The molecule has 6 heteroatoms. The Labute approximate surface area is 91.1 Å². The first kappa shape index (κ1) is 10.1. The molecular formula is C9H11N3O2S. The summed E-state index contributed by atoms with van der Waals surface area (Å²) < 4.78 is 1.93. The molecule has 1 aliphatic heterocycles. The van der Waals surface area contributed by atoms with Gasteiger partial charge in [-0.1, -0.05) is 0 Å². The second-order valence-electron chi connectivity index (χ2n) is 3.47. The monoisotopic (exact) mass is 225 g/mol. The minimum Gasteiger partial charge on any atom is -0.354 e. The van der Waals surface area contributed by atoms with E-state index in [2.05, 4.69) is 10.3 Å². The molecule has 2 heterocycles. The Hall–Kier alpha value is -1.43. The Morgan fingerprint density at radius 3 is 2.93 bits per heavy atom. The highest BCUT2D eigenvalue weighted by Gasteiger charge is 2.23. The normalized spacial score (nSPS) is 21.1. The summed E-state index contributed by atoms with van der Waals surface area (Å²) in [6.45, 7) is 0.714. The number of nitrogens with one attached hydrogen (secondary N) is 2. The van der Waals surface area contributed by atoms with Crippen LogP contribution >= 0.6 is 12.2 Å². The fourth-order valence-corrected chi connectivity index (χ4v) is 1.98. The average Bonchev–Trinajstić information content (AvgIpc) is 2.20. The lowest BCUT2D eigenvalue weighted by molar-refractivity contribution is -0.125. The lowest BCUT2D eigenvalue weighted by Gasteiger charge is -2.23. The van der Waals surface area contributed by atoms with E-state index < -0.39 is 0 Å². The number of carbonyl (C=O) groups excluding carboxylic acids is 1. The minimum absolute atomic E-state index is 0.0376. The number of nitrogens with zero attached hydrogens (tertiary/aromatic N) is 1.